The number of hydrogen-bond acceptors (Lipinski definition) is 2. The van der Waals surface area contributed by atoms with Crippen molar-refractivity contribution in [1.82, 2.24) is 0 Å². The van der Waals surface area contributed by atoms with Crippen LogP contribution >= 0.6 is 0 Å². The van der Waals surface area contributed by atoms with Gasteiger partial charge in [-0.3, -0.25) is 0 Å². The van der Waals surface area contributed by atoms with E-state index >= 15 is 0 Å². The van der Waals surface area contributed by atoms with E-state index in [0.29, 0.717) is 23.3 Å². The Morgan fingerprint density at radius 1 is 1.14 bits per heavy atom. The SMILES string of the molecule is CCC(Oc1ccc(C#N)cc1)c1cccc(C(F)(F)F)c1. The van der Waals surface area contributed by atoms with Gasteiger partial charge in [0.15, 0.2) is 0 Å². The molecule has 0 aliphatic heterocycles. The lowest BCUT2D eigenvalue weighted by molar-refractivity contribution is -0.137. The fourth-order valence-electron chi connectivity index (χ4n) is 2.07. The molecule has 2 aromatic rings. The zero-order valence-electron chi connectivity index (χ0n) is 11.9. The van der Waals surface area contributed by atoms with Gasteiger partial charge in [-0.2, -0.15) is 18.4 Å². The number of hydrogen-bond donors (Lipinski definition) is 0. The Morgan fingerprint density at radius 3 is 2.36 bits per heavy atom. The zero-order valence-corrected chi connectivity index (χ0v) is 11.9. The van der Waals surface area contributed by atoms with Crippen molar-refractivity contribution in [2.24, 2.45) is 0 Å². The first-order chi connectivity index (χ1) is 10.4. The van der Waals surface area contributed by atoms with Gasteiger partial charge in [-0.05, 0) is 48.4 Å². The standard InChI is InChI=1S/C17H14F3NO/c1-2-16(22-15-8-6-12(11-21)7-9-15)13-4-3-5-14(10-13)17(18,19)20/h3-10,16H,2H2,1H3. The van der Waals surface area contributed by atoms with Crippen LogP contribution in [0.5, 0.6) is 5.75 Å². The maximum atomic E-state index is 12.8. The van der Waals surface area contributed by atoms with Gasteiger partial charge in [0.25, 0.3) is 0 Å². The van der Waals surface area contributed by atoms with Gasteiger partial charge in [0, 0.05) is 0 Å². The predicted molar refractivity (Wildman–Crippen MR) is 76.3 cm³/mol. The topological polar surface area (TPSA) is 33.0 Å². The molecular formula is C17H14F3NO. The van der Waals surface area contributed by atoms with E-state index in [0.717, 1.165) is 12.1 Å². The molecule has 0 amide bonds. The van der Waals surface area contributed by atoms with E-state index in [4.69, 9.17) is 10.00 Å². The first-order valence-corrected chi connectivity index (χ1v) is 6.78. The molecule has 0 bridgehead atoms. The lowest BCUT2D eigenvalue weighted by atomic mass is 10.0. The van der Waals surface area contributed by atoms with Crippen molar-refractivity contribution in [3.63, 3.8) is 0 Å². The number of halogens is 3. The molecule has 0 N–H and O–H groups in total. The number of nitriles is 1. The average molecular weight is 305 g/mol. The average Bonchev–Trinajstić information content (AvgIpc) is 2.52. The first kappa shape index (κ1) is 15.9. The number of benzene rings is 2. The highest BCUT2D eigenvalue weighted by atomic mass is 19.4. The monoisotopic (exact) mass is 305 g/mol. The molecule has 0 saturated carbocycles. The van der Waals surface area contributed by atoms with Gasteiger partial charge in [0.05, 0.1) is 17.2 Å². The number of ether oxygens (including phenoxy) is 1. The molecule has 5 heteroatoms. The summed E-state index contributed by atoms with van der Waals surface area (Å²) in [6.07, 6.45) is -4.32. The number of rotatable bonds is 4. The Bertz CT molecular complexity index is 672. The Morgan fingerprint density at radius 2 is 1.82 bits per heavy atom. The highest BCUT2D eigenvalue weighted by molar-refractivity contribution is 5.35. The van der Waals surface area contributed by atoms with Crippen LogP contribution in [0.15, 0.2) is 48.5 Å². The van der Waals surface area contributed by atoms with Gasteiger partial charge in [-0.25, -0.2) is 0 Å². The molecule has 0 aliphatic rings. The molecule has 2 nitrogen and oxygen atoms in total. The van der Waals surface area contributed by atoms with E-state index in [1.54, 1.807) is 30.3 Å². The lowest BCUT2D eigenvalue weighted by Crippen LogP contribution is -2.10. The third-order valence-corrected chi connectivity index (χ3v) is 3.22. The van der Waals surface area contributed by atoms with E-state index in [1.807, 2.05) is 13.0 Å². The third-order valence-electron chi connectivity index (χ3n) is 3.22. The highest BCUT2D eigenvalue weighted by Gasteiger charge is 2.31. The molecule has 114 valence electrons. The number of alkyl halides is 3. The maximum Gasteiger partial charge on any atom is 0.416 e. The molecule has 1 unspecified atom stereocenters. The van der Waals surface area contributed by atoms with Gasteiger partial charge < -0.3 is 4.74 Å². The summed E-state index contributed by atoms with van der Waals surface area (Å²) in [4.78, 5) is 0. The van der Waals surface area contributed by atoms with Crippen LogP contribution < -0.4 is 4.74 Å². The second-order valence-electron chi connectivity index (χ2n) is 4.77. The van der Waals surface area contributed by atoms with Crippen molar-refractivity contribution in [2.75, 3.05) is 0 Å². The Hall–Kier alpha value is -2.48. The van der Waals surface area contributed by atoms with Crippen LogP contribution in [0.25, 0.3) is 0 Å². The Labute approximate surface area is 126 Å². The summed E-state index contributed by atoms with van der Waals surface area (Å²) < 4.78 is 44.1. The van der Waals surface area contributed by atoms with E-state index in [-0.39, 0.29) is 0 Å². The van der Waals surface area contributed by atoms with Crippen molar-refractivity contribution in [3.8, 4) is 11.8 Å². The normalized spacial score (nSPS) is 12.5. The summed E-state index contributed by atoms with van der Waals surface area (Å²) in [5.74, 6) is 0.517. The second kappa shape index (κ2) is 6.52. The van der Waals surface area contributed by atoms with Crippen molar-refractivity contribution < 1.29 is 17.9 Å². The summed E-state index contributed by atoms with van der Waals surface area (Å²) in [5.41, 5.74) is 0.285. The minimum atomic E-state index is -4.37. The molecular weight excluding hydrogens is 291 g/mol. The molecule has 0 saturated heterocycles. The molecule has 0 heterocycles. The van der Waals surface area contributed by atoms with Crippen molar-refractivity contribution in [2.45, 2.75) is 25.6 Å². The van der Waals surface area contributed by atoms with Gasteiger partial charge in [-0.15, -0.1) is 0 Å². The molecule has 2 aromatic carbocycles. The first-order valence-electron chi connectivity index (χ1n) is 6.78. The third kappa shape index (κ3) is 3.79. The van der Waals surface area contributed by atoms with Crippen LogP contribution in [-0.4, -0.2) is 0 Å². The quantitative estimate of drug-likeness (QED) is 0.786. The summed E-state index contributed by atoms with van der Waals surface area (Å²) >= 11 is 0. The summed E-state index contributed by atoms with van der Waals surface area (Å²) in [5, 5.41) is 8.74. The predicted octanol–water partition coefficient (Wildman–Crippen LogP) is 5.11. The summed E-state index contributed by atoms with van der Waals surface area (Å²) in [7, 11) is 0. The van der Waals surface area contributed by atoms with Crippen LogP contribution in [-0.2, 0) is 6.18 Å². The summed E-state index contributed by atoms with van der Waals surface area (Å²) in [6.45, 7) is 1.84. The molecule has 0 aromatic heterocycles. The van der Waals surface area contributed by atoms with Crippen molar-refractivity contribution in [1.29, 1.82) is 5.26 Å². The van der Waals surface area contributed by atoms with E-state index in [2.05, 4.69) is 0 Å². The smallest absolute Gasteiger partial charge is 0.416 e. The van der Waals surface area contributed by atoms with Gasteiger partial charge >= 0.3 is 6.18 Å². The van der Waals surface area contributed by atoms with Crippen LogP contribution in [0.3, 0.4) is 0 Å². The fraction of sp³-hybridized carbons (Fsp3) is 0.235. The highest BCUT2D eigenvalue weighted by Crippen LogP contribution is 2.32. The van der Waals surface area contributed by atoms with Crippen LogP contribution in [0.2, 0.25) is 0 Å². The van der Waals surface area contributed by atoms with Gasteiger partial charge in [0.1, 0.15) is 11.9 Å². The van der Waals surface area contributed by atoms with E-state index in [1.165, 1.54) is 6.07 Å². The molecule has 22 heavy (non-hydrogen) atoms. The van der Waals surface area contributed by atoms with E-state index < -0.39 is 17.8 Å². The Kier molecular flexibility index (Phi) is 4.71. The largest absolute Gasteiger partial charge is 0.486 e. The minimum absolute atomic E-state index is 0.474. The molecule has 0 spiro atoms. The maximum absolute atomic E-state index is 12.8. The van der Waals surface area contributed by atoms with Crippen molar-refractivity contribution in [3.05, 3.63) is 65.2 Å². The lowest BCUT2D eigenvalue weighted by Gasteiger charge is -2.19. The molecule has 0 aliphatic carbocycles. The van der Waals surface area contributed by atoms with Crippen LogP contribution in [0.1, 0.15) is 36.1 Å². The van der Waals surface area contributed by atoms with Gasteiger partial charge in [0.2, 0.25) is 0 Å². The van der Waals surface area contributed by atoms with Crippen molar-refractivity contribution >= 4 is 0 Å². The van der Waals surface area contributed by atoms with Gasteiger partial charge in [-0.1, -0.05) is 19.1 Å². The molecule has 0 radical (unpaired) electrons. The zero-order chi connectivity index (χ0) is 16.2. The molecule has 0 fully saturated rings. The fourth-order valence-corrected chi connectivity index (χ4v) is 2.07. The molecule has 1 atom stereocenters. The van der Waals surface area contributed by atoms with Crippen LogP contribution in [0, 0.1) is 11.3 Å². The molecule has 2 rings (SSSR count). The summed E-state index contributed by atoms with van der Waals surface area (Å²) in [6, 6.07) is 13.6. The van der Waals surface area contributed by atoms with Crippen LogP contribution in [0.4, 0.5) is 13.2 Å². The minimum Gasteiger partial charge on any atom is -0.486 e. The Balaban J connectivity index is 2.22. The second-order valence-corrected chi connectivity index (χ2v) is 4.77. The van der Waals surface area contributed by atoms with E-state index in [9.17, 15) is 13.2 Å². The number of nitrogens with zero attached hydrogens (tertiary/aromatic N) is 1.